The number of anilines is 1. The maximum Gasteiger partial charge on any atom is 0.260 e. The van der Waals surface area contributed by atoms with Crippen LogP contribution in [0.15, 0.2) is 11.4 Å². The molecule has 0 aliphatic rings. The molecule has 4 N–H and O–H groups in total. The number of imidazole rings is 1. The Morgan fingerprint density at radius 1 is 1.50 bits per heavy atom. The van der Waals surface area contributed by atoms with E-state index < -0.39 is 10.0 Å². The Bertz CT molecular complexity index is 545. The maximum atomic E-state index is 12.0. The Morgan fingerprint density at radius 3 is 2.65 bits per heavy atom. The maximum absolute atomic E-state index is 12.0. The van der Waals surface area contributed by atoms with Crippen LogP contribution < -0.4 is 15.8 Å². The van der Waals surface area contributed by atoms with Crippen LogP contribution in [0.1, 0.15) is 20.3 Å². The van der Waals surface area contributed by atoms with Crippen molar-refractivity contribution in [1.82, 2.24) is 19.6 Å². The number of sulfonamides is 1. The van der Waals surface area contributed by atoms with Crippen LogP contribution in [0.5, 0.6) is 0 Å². The molecular weight excluding hydrogens is 282 g/mol. The van der Waals surface area contributed by atoms with Gasteiger partial charge in [0.25, 0.3) is 10.0 Å². The second-order valence-electron chi connectivity index (χ2n) is 4.89. The van der Waals surface area contributed by atoms with E-state index in [1.54, 1.807) is 0 Å². The fraction of sp³-hybridized carbons (Fsp3) is 0.636. The number of rotatable bonds is 7. The number of aromatic nitrogens is 2. The summed E-state index contributed by atoms with van der Waals surface area (Å²) in [7, 11) is -2.22. The van der Waals surface area contributed by atoms with Gasteiger partial charge in [-0.2, -0.15) is 0 Å². The van der Waals surface area contributed by atoms with Crippen molar-refractivity contribution in [3.63, 3.8) is 0 Å². The van der Waals surface area contributed by atoms with Crippen molar-refractivity contribution < 1.29 is 13.2 Å². The molecule has 0 spiro atoms. The predicted octanol–water partition coefficient (Wildman–Crippen LogP) is -0.557. The van der Waals surface area contributed by atoms with Gasteiger partial charge in [0, 0.05) is 26.6 Å². The molecule has 0 aromatic carbocycles. The lowest BCUT2D eigenvalue weighted by atomic mass is 10.2. The first-order chi connectivity index (χ1) is 9.24. The van der Waals surface area contributed by atoms with E-state index in [4.69, 9.17) is 5.73 Å². The van der Waals surface area contributed by atoms with Gasteiger partial charge in [-0.05, 0) is 5.92 Å². The van der Waals surface area contributed by atoms with Gasteiger partial charge < -0.3 is 15.6 Å². The fourth-order valence-electron chi connectivity index (χ4n) is 1.54. The Labute approximate surface area is 118 Å². The van der Waals surface area contributed by atoms with Crippen molar-refractivity contribution in [3.8, 4) is 0 Å². The molecular formula is C11H21N5O3S. The first-order valence-electron chi connectivity index (χ1n) is 6.27. The van der Waals surface area contributed by atoms with Crippen LogP contribution in [0.3, 0.4) is 0 Å². The highest BCUT2D eigenvalue weighted by Gasteiger charge is 2.22. The number of hydrogen-bond acceptors (Lipinski definition) is 5. The third-order valence-corrected chi connectivity index (χ3v) is 4.11. The lowest BCUT2D eigenvalue weighted by Gasteiger charge is -2.09. The number of nitrogens with two attached hydrogens (primary N) is 1. The number of carbonyl (C=O) groups is 1. The Morgan fingerprint density at radius 2 is 2.15 bits per heavy atom. The van der Waals surface area contributed by atoms with Crippen LogP contribution in [0.4, 0.5) is 5.82 Å². The highest BCUT2D eigenvalue weighted by atomic mass is 32.2. The minimum Gasteiger partial charge on any atom is -0.381 e. The number of nitrogens with one attached hydrogen (secondary N) is 2. The first-order valence-corrected chi connectivity index (χ1v) is 7.75. The fourth-order valence-corrected chi connectivity index (χ4v) is 2.80. The summed E-state index contributed by atoms with van der Waals surface area (Å²) >= 11 is 0. The highest BCUT2D eigenvalue weighted by molar-refractivity contribution is 7.89. The Kier molecular flexibility index (Phi) is 5.52. The predicted molar refractivity (Wildman–Crippen MR) is 75.3 cm³/mol. The summed E-state index contributed by atoms with van der Waals surface area (Å²) in [5.74, 6) is 0.0912. The van der Waals surface area contributed by atoms with E-state index in [0.29, 0.717) is 12.5 Å². The summed E-state index contributed by atoms with van der Waals surface area (Å²) in [4.78, 5) is 15.2. The molecule has 0 fully saturated rings. The van der Waals surface area contributed by atoms with Crippen molar-refractivity contribution in [2.45, 2.75) is 25.3 Å². The van der Waals surface area contributed by atoms with Crippen molar-refractivity contribution >= 4 is 21.7 Å². The zero-order valence-corrected chi connectivity index (χ0v) is 12.7. The minimum atomic E-state index is -3.76. The van der Waals surface area contributed by atoms with Crippen molar-refractivity contribution in [2.24, 2.45) is 13.0 Å². The van der Waals surface area contributed by atoms with Crippen LogP contribution in [0, 0.1) is 5.92 Å². The number of aryl methyl sites for hydroxylation is 1. The van der Waals surface area contributed by atoms with E-state index in [0.717, 1.165) is 0 Å². The van der Waals surface area contributed by atoms with Gasteiger partial charge >= 0.3 is 0 Å². The van der Waals surface area contributed by atoms with Gasteiger partial charge in [-0.1, -0.05) is 13.8 Å². The van der Waals surface area contributed by atoms with Crippen LogP contribution in [0.2, 0.25) is 0 Å². The van der Waals surface area contributed by atoms with Crippen LogP contribution >= 0.6 is 0 Å². The molecule has 1 rings (SSSR count). The second kappa shape index (κ2) is 6.71. The van der Waals surface area contributed by atoms with Crippen molar-refractivity contribution in [3.05, 3.63) is 6.33 Å². The van der Waals surface area contributed by atoms with Gasteiger partial charge in [0.15, 0.2) is 10.8 Å². The van der Waals surface area contributed by atoms with Crippen LogP contribution in [-0.4, -0.2) is 37.0 Å². The molecule has 20 heavy (non-hydrogen) atoms. The molecule has 0 unspecified atom stereocenters. The van der Waals surface area contributed by atoms with Gasteiger partial charge in [-0.25, -0.2) is 18.1 Å². The number of carbonyl (C=O) groups excluding carboxylic acids is 1. The molecule has 8 nitrogen and oxygen atoms in total. The normalized spacial score (nSPS) is 11.8. The topological polar surface area (TPSA) is 119 Å². The summed E-state index contributed by atoms with van der Waals surface area (Å²) in [5, 5.41) is 2.61. The largest absolute Gasteiger partial charge is 0.381 e. The molecule has 0 aliphatic heterocycles. The number of nitrogens with zero attached hydrogens (tertiary/aromatic N) is 2. The monoisotopic (exact) mass is 303 g/mol. The average Bonchev–Trinajstić information content (AvgIpc) is 2.66. The second-order valence-corrected chi connectivity index (χ2v) is 6.57. The van der Waals surface area contributed by atoms with E-state index >= 15 is 0 Å². The molecule has 0 bridgehead atoms. The SMILES string of the molecule is CC(C)CNC(=O)CCNS(=O)(=O)c1c(N)ncn1C. The third kappa shape index (κ3) is 4.49. The number of hydrogen-bond donors (Lipinski definition) is 3. The lowest BCUT2D eigenvalue weighted by molar-refractivity contribution is -0.121. The molecule has 0 saturated carbocycles. The van der Waals surface area contributed by atoms with E-state index in [9.17, 15) is 13.2 Å². The summed E-state index contributed by atoms with van der Waals surface area (Å²) in [6.07, 6.45) is 1.39. The van der Waals surface area contributed by atoms with Gasteiger partial charge in [-0.15, -0.1) is 0 Å². The first kappa shape index (κ1) is 16.4. The lowest BCUT2D eigenvalue weighted by Crippen LogP contribution is -2.33. The zero-order chi connectivity index (χ0) is 15.3. The van der Waals surface area contributed by atoms with Crippen LogP contribution in [0.25, 0.3) is 0 Å². The summed E-state index contributed by atoms with van der Waals surface area (Å²) < 4.78 is 27.6. The third-order valence-electron chi connectivity index (χ3n) is 2.52. The molecule has 9 heteroatoms. The van der Waals surface area contributed by atoms with E-state index in [1.807, 2.05) is 13.8 Å². The standard InChI is InChI=1S/C11H21N5O3S/c1-8(2)6-13-9(17)4-5-15-20(18,19)11-10(12)14-7-16(11)3/h7-8,15H,4-6,12H2,1-3H3,(H,13,17). The van der Waals surface area contributed by atoms with E-state index in [1.165, 1.54) is 17.9 Å². The molecule has 1 amide bonds. The van der Waals surface area contributed by atoms with Gasteiger partial charge in [0.05, 0.1) is 6.33 Å². The Hall–Kier alpha value is -1.61. The van der Waals surface area contributed by atoms with Crippen molar-refractivity contribution in [2.75, 3.05) is 18.8 Å². The van der Waals surface area contributed by atoms with E-state index in [2.05, 4.69) is 15.0 Å². The molecule has 1 aromatic rings. The van der Waals surface area contributed by atoms with Gasteiger partial charge in [0.2, 0.25) is 5.91 Å². The van der Waals surface area contributed by atoms with Crippen molar-refractivity contribution in [1.29, 1.82) is 0 Å². The van der Waals surface area contributed by atoms with Gasteiger partial charge in [-0.3, -0.25) is 4.79 Å². The minimum absolute atomic E-state index is 0.0108. The summed E-state index contributed by atoms with van der Waals surface area (Å²) in [5.41, 5.74) is 5.51. The molecule has 114 valence electrons. The Balaban J connectivity index is 2.51. The number of amides is 1. The highest BCUT2D eigenvalue weighted by Crippen LogP contribution is 2.14. The quantitative estimate of drug-likeness (QED) is 0.624. The average molecular weight is 303 g/mol. The smallest absolute Gasteiger partial charge is 0.260 e. The molecule has 0 saturated heterocycles. The molecule has 0 atom stereocenters. The van der Waals surface area contributed by atoms with Crippen LogP contribution in [-0.2, 0) is 21.9 Å². The number of nitrogen functional groups attached to an aromatic ring is 1. The molecule has 1 heterocycles. The van der Waals surface area contributed by atoms with E-state index in [-0.39, 0.29) is 29.7 Å². The summed E-state index contributed by atoms with van der Waals surface area (Å²) in [6, 6.07) is 0. The zero-order valence-electron chi connectivity index (χ0n) is 11.9. The summed E-state index contributed by atoms with van der Waals surface area (Å²) in [6.45, 7) is 4.54. The van der Waals surface area contributed by atoms with Gasteiger partial charge in [0.1, 0.15) is 0 Å². The molecule has 1 aromatic heterocycles. The molecule has 0 radical (unpaired) electrons. The molecule has 0 aliphatic carbocycles.